The molecule has 3 heteroatoms. The van der Waals surface area contributed by atoms with Crippen molar-refractivity contribution in [3.63, 3.8) is 0 Å². The molecule has 3 N–H and O–H groups in total. The van der Waals surface area contributed by atoms with Gasteiger partial charge in [0.1, 0.15) is 5.75 Å². The lowest BCUT2D eigenvalue weighted by Crippen LogP contribution is -2.07. The lowest BCUT2D eigenvalue weighted by Gasteiger charge is -2.12. The predicted molar refractivity (Wildman–Crippen MR) is 99.2 cm³/mol. The number of rotatable bonds is 8. The summed E-state index contributed by atoms with van der Waals surface area (Å²) >= 11 is 0. The van der Waals surface area contributed by atoms with Gasteiger partial charge in [-0.1, -0.05) is 32.0 Å². The molecule has 124 valence electrons. The van der Waals surface area contributed by atoms with E-state index >= 15 is 0 Å². The molecule has 2 aromatic rings. The van der Waals surface area contributed by atoms with E-state index in [2.05, 4.69) is 56.4 Å². The van der Waals surface area contributed by atoms with Gasteiger partial charge in [-0.3, -0.25) is 0 Å². The largest absolute Gasteiger partial charge is 0.491 e. The minimum Gasteiger partial charge on any atom is -0.491 e. The number of aryl methyl sites for hydroxylation is 2. The summed E-state index contributed by atoms with van der Waals surface area (Å²) in [6.07, 6.45) is 2.08. The second-order valence-corrected chi connectivity index (χ2v) is 6.48. The van der Waals surface area contributed by atoms with Gasteiger partial charge in [-0.25, -0.2) is 0 Å². The number of benzene rings is 2. The van der Waals surface area contributed by atoms with Gasteiger partial charge in [0.25, 0.3) is 0 Å². The molecule has 0 unspecified atom stereocenters. The standard InChI is InChI=1S/C20H28N2O/c1-15(2)14-23-20-10-9-17(13-19(20)21)7-5-11-22-18-8-4-6-16(3)12-18/h4,6,8-10,12-13,15,22H,5,7,11,14,21H2,1-3H3. The van der Waals surface area contributed by atoms with Gasteiger partial charge in [0, 0.05) is 12.2 Å². The molecule has 0 radical (unpaired) electrons. The maximum atomic E-state index is 6.08. The summed E-state index contributed by atoms with van der Waals surface area (Å²) in [6, 6.07) is 14.6. The highest BCUT2D eigenvalue weighted by Crippen LogP contribution is 2.23. The zero-order valence-electron chi connectivity index (χ0n) is 14.4. The van der Waals surface area contributed by atoms with Crippen molar-refractivity contribution < 1.29 is 4.74 Å². The monoisotopic (exact) mass is 312 g/mol. The maximum Gasteiger partial charge on any atom is 0.142 e. The summed E-state index contributed by atoms with van der Waals surface area (Å²) in [5, 5.41) is 3.46. The Morgan fingerprint density at radius 2 is 1.96 bits per heavy atom. The van der Waals surface area contributed by atoms with E-state index < -0.39 is 0 Å². The van der Waals surface area contributed by atoms with Gasteiger partial charge in [-0.15, -0.1) is 0 Å². The van der Waals surface area contributed by atoms with E-state index in [0.717, 1.165) is 30.8 Å². The summed E-state index contributed by atoms with van der Waals surface area (Å²) in [5.41, 5.74) is 10.5. The topological polar surface area (TPSA) is 47.3 Å². The van der Waals surface area contributed by atoms with Crippen molar-refractivity contribution in [3.05, 3.63) is 53.6 Å². The number of ether oxygens (including phenoxy) is 1. The molecule has 0 amide bonds. The van der Waals surface area contributed by atoms with Crippen molar-refractivity contribution >= 4 is 11.4 Å². The molecule has 0 fully saturated rings. The van der Waals surface area contributed by atoms with E-state index in [1.807, 2.05) is 12.1 Å². The number of nitrogen functional groups attached to an aromatic ring is 1. The third-order valence-corrected chi connectivity index (χ3v) is 3.64. The van der Waals surface area contributed by atoms with Gasteiger partial charge in [-0.2, -0.15) is 0 Å². The summed E-state index contributed by atoms with van der Waals surface area (Å²) in [6.45, 7) is 8.02. The van der Waals surface area contributed by atoms with Gasteiger partial charge in [0.05, 0.1) is 12.3 Å². The SMILES string of the molecule is Cc1cccc(NCCCc2ccc(OCC(C)C)c(N)c2)c1. The Morgan fingerprint density at radius 1 is 1.13 bits per heavy atom. The average Bonchev–Trinajstić information content (AvgIpc) is 2.50. The van der Waals surface area contributed by atoms with E-state index in [0.29, 0.717) is 12.5 Å². The van der Waals surface area contributed by atoms with Crippen molar-refractivity contribution in [2.75, 3.05) is 24.2 Å². The Bertz CT molecular complexity index is 623. The molecule has 2 aromatic carbocycles. The molecule has 23 heavy (non-hydrogen) atoms. The molecule has 0 spiro atoms. The van der Waals surface area contributed by atoms with Crippen molar-refractivity contribution in [1.29, 1.82) is 0 Å². The number of nitrogens with two attached hydrogens (primary N) is 1. The van der Waals surface area contributed by atoms with E-state index in [9.17, 15) is 0 Å². The number of hydrogen-bond donors (Lipinski definition) is 2. The van der Waals surface area contributed by atoms with Crippen LogP contribution < -0.4 is 15.8 Å². The van der Waals surface area contributed by atoms with Gasteiger partial charge in [0.15, 0.2) is 0 Å². The lowest BCUT2D eigenvalue weighted by molar-refractivity contribution is 0.272. The lowest BCUT2D eigenvalue weighted by atomic mass is 10.1. The molecule has 0 saturated heterocycles. The number of nitrogens with one attached hydrogen (secondary N) is 1. The molecular formula is C20H28N2O. The van der Waals surface area contributed by atoms with Crippen LogP contribution in [0.15, 0.2) is 42.5 Å². The summed E-state index contributed by atoms with van der Waals surface area (Å²) in [7, 11) is 0. The van der Waals surface area contributed by atoms with Gasteiger partial charge >= 0.3 is 0 Å². The first kappa shape index (κ1) is 17.2. The minimum atomic E-state index is 0.502. The Morgan fingerprint density at radius 3 is 2.65 bits per heavy atom. The average molecular weight is 312 g/mol. The van der Waals surface area contributed by atoms with Gasteiger partial charge < -0.3 is 15.8 Å². The van der Waals surface area contributed by atoms with E-state index in [4.69, 9.17) is 10.5 Å². The Kier molecular flexibility index (Phi) is 6.33. The number of hydrogen-bond acceptors (Lipinski definition) is 3. The van der Waals surface area contributed by atoms with Gasteiger partial charge in [0.2, 0.25) is 0 Å². The third-order valence-electron chi connectivity index (χ3n) is 3.64. The fourth-order valence-electron chi connectivity index (χ4n) is 2.42. The smallest absolute Gasteiger partial charge is 0.142 e. The van der Waals surface area contributed by atoms with E-state index in [1.165, 1.54) is 16.8 Å². The van der Waals surface area contributed by atoms with Crippen LogP contribution in [0.2, 0.25) is 0 Å². The molecule has 0 heterocycles. The van der Waals surface area contributed by atoms with Crippen molar-refractivity contribution in [2.24, 2.45) is 5.92 Å². The predicted octanol–water partition coefficient (Wildman–Crippen LogP) is 4.66. The highest BCUT2D eigenvalue weighted by atomic mass is 16.5. The quantitative estimate of drug-likeness (QED) is 0.550. The third kappa shape index (κ3) is 5.85. The number of anilines is 2. The van der Waals surface area contributed by atoms with Crippen LogP contribution in [-0.4, -0.2) is 13.2 Å². The molecule has 0 atom stereocenters. The second kappa shape index (κ2) is 8.47. The van der Waals surface area contributed by atoms with Crippen LogP contribution in [0.25, 0.3) is 0 Å². The van der Waals surface area contributed by atoms with Crippen LogP contribution in [0.3, 0.4) is 0 Å². The molecule has 0 aliphatic heterocycles. The van der Waals surface area contributed by atoms with Crippen LogP contribution in [-0.2, 0) is 6.42 Å². The van der Waals surface area contributed by atoms with Crippen LogP contribution in [0.4, 0.5) is 11.4 Å². The fourth-order valence-corrected chi connectivity index (χ4v) is 2.42. The van der Waals surface area contributed by atoms with Gasteiger partial charge in [-0.05, 0) is 61.1 Å². The molecule has 0 bridgehead atoms. The maximum absolute atomic E-state index is 6.08. The van der Waals surface area contributed by atoms with Crippen molar-refractivity contribution in [2.45, 2.75) is 33.6 Å². The van der Waals surface area contributed by atoms with Crippen LogP contribution in [0, 0.1) is 12.8 Å². The van der Waals surface area contributed by atoms with E-state index in [-0.39, 0.29) is 0 Å². The molecule has 3 nitrogen and oxygen atoms in total. The molecule has 0 aliphatic carbocycles. The zero-order valence-corrected chi connectivity index (χ0v) is 14.4. The fraction of sp³-hybridized carbons (Fsp3) is 0.400. The molecule has 2 rings (SSSR count). The highest BCUT2D eigenvalue weighted by Gasteiger charge is 2.04. The first-order chi connectivity index (χ1) is 11.0. The van der Waals surface area contributed by atoms with Crippen molar-refractivity contribution in [1.82, 2.24) is 0 Å². The summed E-state index contributed by atoms with van der Waals surface area (Å²) < 4.78 is 5.71. The molecule has 0 aromatic heterocycles. The normalized spacial score (nSPS) is 10.8. The van der Waals surface area contributed by atoms with Crippen LogP contribution >= 0.6 is 0 Å². The first-order valence-corrected chi connectivity index (χ1v) is 8.36. The van der Waals surface area contributed by atoms with Crippen LogP contribution in [0.5, 0.6) is 5.75 Å². The molecule has 0 saturated carbocycles. The van der Waals surface area contributed by atoms with Crippen LogP contribution in [0.1, 0.15) is 31.4 Å². The summed E-state index contributed by atoms with van der Waals surface area (Å²) in [4.78, 5) is 0. The molecule has 0 aliphatic rings. The Hall–Kier alpha value is -2.16. The second-order valence-electron chi connectivity index (χ2n) is 6.48. The first-order valence-electron chi connectivity index (χ1n) is 8.36. The Labute approximate surface area is 139 Å². The minimum absolute atomic E-state index is 0.502. The Balaban J connectivity index is 1.78. The van der Waals surface area contributed by atoms with E-state index in [1.54, 1.807) is 0 Å². The summed E-state index contributed by atoms with van der Waals surface area (Å²) in [5.74, 6) is 1.29. The zero-order chi connectivity index (χ0) is 16.7. The van der Waals surface area contributed by atoms with Crippen molar-refractivity contribution in [3.8, 4) is 5.75 Å². The molecular weight excluding hydrogens is 284 g/mol. The highest BCUT2D eigenvalue weighted by molar-refractivity contribution is 5.54.